The molecule has 2 fully saturated rings. The van der Waals surface area contributed by atoms with Crippen LogP contribution < -0.4 is 4.90 Å². The molecule has 1 aromatic heterocycles. The van der Waals surface area contributed by atoms with E-state index in [1.54, 1.807) is 29.3 Å². The summed E-state index contributed by atoms with van der Waals surface area (Å²) in [6, 6.07) is 9.41. The van der Waals surface area contributed by atoms with Gasteiger partial charge in [-0.25, -0.2) is 13.4 Å². The van der Waals surface area contributed by atoms with E-state index in [2.05, 4.69) is 9.88 Å². The van der Waals surface area contributed by atoms with Crippen molar-refractivity contribution in [1.29, 1.82) is 0 Å². The Kier molecular flexibility index (Phi) is 6.47. The van der Waals surface area contributed by atoms with Gasteiger partial charge < -0.3 is 14.5 Å². The normalized spacial score (nSPS) is 20.6. The van der Waals surface area contributed by atoms with Crippen molar-refractivity contribution in [2.75, 3.05) is 50.8 Å². The smallest absolute Gasteiger partial charge is 0.255 e. The number of ether oxygens (including phenoxy) is 1. The number of nitrogens with zero attached hydrogens (tertiary/aromatic N) is 4. The van der Waals surface area contributed by atoms with Crippen LogP contribution in [0.3, 0.4) is 0 Å². The molecule has 2 saturated heterocycles. The third-order valence-electron chi connectivity index (χ3n) is 5.60. The van der Waals surface area contributed by atoms with Gasteiger partial charge in [0.1, 0.15) is 5.82 Å². The first-order valence-electron chi connectivity index (χ1n) is 10.2. The summed E-state index contributed by atoms with van der Waals surface area (Å²) in [5.41, 5.74) is 0.498. The number of benzene rings is 1. The molecule has 4 rings (SSSR count). The van der Waals surface area contributed by atoms with Crippen LogP contribution in [0.5, 0.6) is 0 Å². The molecule has 2 aromatic rings. The second-order valence-corrected chi connectivity index (χ2v) is 10.0. The highest BCUT2D eigenvalue weighted by molar-refractivity contribution is 7.89. The lowest BCUT2D eigenvalue weighted by Gasteiger charge is -2.39. The van der Waals surface area contributed by atoms with Gasteiger partial charge in [0.05, 0.1) is 23.7 Å². The second-order valence-electron chi connectivity index (χ2n) is 7.67. The number of piperazine rings is 1. The van der Waals surface area contributed by atoms with Crippen LogP contribution >= 0.6 is 11.6 Å². The maximum Gasteiger partial charge on any atom is 0.255 e. The van der Waals surface area contributed by atoms with Crippen molar-refractivity contribution in [3.8, 4) is 0 Å². The highest BCUT2D eigenvalue weighted by Crippen LogP contribution is 2.24. The molecule has 1 atom stereocenters. The minimum Gasteiger partial charge on any atom is -0.378 e. The Hall–Kier alpha value is -2.20. The van der Waals surface area contributed by atoms with E-state index in [1.807, 2.05) is 13.0 Å². The van der Waals surface area contributed by atoms with Crippen molar-refractivity contribution in [2.24, 2.45) is 0 Å². The number of morpholine rings is 1. The number of aromatic nitrogens is 1. The fourth-order valence-electron chi connectivity index (χ4n) is 3.90. The summed E-state index contributed by atoms with van der Waals surface area (Å²) in [4.78, 5) is 21.4. The lowest BCUT2D eigenvalue weighted by molar-refractivity contribution is 0.0641. The third kappa shape index (κ3) is 4.69. The van der Waals surface area contributed by atoms with Crippen molar-refractivity contribution >= 4 is 33.3 Å². The number of anilines is 1. The second kappa shape index (κ2) is 9.12. The van der Waals surface area contributed by atoms with E-state index >= 15 is 0 Å². The molecule has 1 unspecified atom stereocenters. The number of rotatable bonds is 4. The van der Waals surface area contributed by atoms with Gasteiger partial charge in [-0.2, -0.15) is 4.31 Å². The van der Waals surface area contributed by atoms with Crippen LogP contribution in [-0.4, -0.2) is 80.5 Å². The van der Waals surface area contributed by atoms with E-state index in [9.17, 15) is 13.2 Å². The summed E-state index contributed by atoms with van der Waals surface area (Å²) >= 11 is 5.88. The van der Waals surface area contributed by atoms with E-state index in [0.29, 0.717) is 36.9 Å². The molecule has 3 heterocycles. The monoisotopic (exact) mass is 464 g/mol. The molecule has 2 aliphatic rings. The Bertz CT molecular complexity index is 1020. The van der Waals surface area contributed by atoms with E-state index in [0.717, 1.165) is 18.9 Å². The molecule has 1 amide bonds. The van der Waals surface area contributed by atoms with Crippen molar-refractivity contribution in [2.45, 2.75) is 17.9 Å². The predicted molar refractivity (Wildman–Crippen MR) is 118 cm³/mol. The molecule has 8 nitrogen and oxygen atoms in total. The first-order chi connectivity index (χ1) is 14.9. The van der Waals surface area contributed by atoms with Gasteiger partial charge in [0.2, 0.25) is 10.0 Å². The van der Waals surface area contributed by atoms with Gasteiger partial charge in [0.15, 0.2) is 0 Å². The van der Waals surface area contributed by atoms with Gasteiger partial charge in [-0.1, -0.05) is 11.6 Å². The molecule has 0 aliphatic carbocycles. The first-order valence-corrected chi connectivity index (χ1v) is 12.0. The molecule has 0 radical (unpaired) electrons. The summed E-state index contributed by atoms with van der Waals surface area (Å²) < 4.78 is 32.8. The van der Waals surface area contributed by atoms with Crippen molar-refractivity contribution < 1.29 is 17.9 Å². The van der Waals surface area contributed by atoms with E-state index in [1.165, 1.54) is 16.4 Å². The van der Waals surface area contributed by atoms with Crippen LogP contribution in [0.15, 0.2) is 47.5 Å². The molecular weight excluding hydrogens is 440 g/mol. The topological polar surface area (TPSA) is 83.1 Å². The van der Waals surface area contributed by atoms with E-state index in [4.69, 9.17) is 16.3 Å². The summed E-state index contributed by atoms with van der Waals surface area (Å²) in [5, 5.41) is 0.482. The Morgan fingerprint density at radius 3 is 2.39 bits per heavy atom. The molecular formula is C21H25ClN4O4S. The number of hydrogen-bond acceptors (Lipinski definition) is 6. The minimum atomic E-state index is -3.65. The lowest BCUT2D eigenvalue weighted by Crippen LogP contribution is -2.55. The zero-order valence-corrected chi connectivity index (χ0v) is 18.8. The van der Waals surface area contributed by atoms with E-state index in [-0.39, 0.29) is 23.4 Å². The van der Waals surface area contributed by atoms with Gasteiger partial charge in [0.25, 0.3) is 5.91 Å². The zero-order chi connectivity index (χ0) is 22.0. The van der Waals surface area contributed by atoms with Crippen LogP contribution in [0, 0.1) is 0 Å². The zero-order valence-electron chi connectivity index (χ0n) is 17.3. The average molecular weight is 465 g/mol. The number of pyridine rings is 1. The Balaban J connectivity index is 1.42. The molecule has 0 N–H and O–H groups in total. The maximum atomic E-state index is 13.0. The van der Waals surface area contributed by atoms with Gasteiger partial charge in [-0.15, -0.1) is 0 Å². The fourth-order valence-corrected chi connectivity index (χ4v) is 5.64. The summed E-state index contributed by atoms with van der Waals surface area (Å²) in [6.07, 6.45) is 1.59. The molecule has 1 aromatic carbocycles. The highest BCUT2D eigenvalue weighted by atomic mass is 35.5. The summed E-state index contributed by atoms with van der Waals surface area (Å²) in [5.74, 6) is 0.684. The Labute approximate surface area is 187 Å². The fraction of sp³-hybridized carbons (Fsp3) is 0.429. The third-order valence-corrected chi connectivity index (χ3v) is 7.88. The number of carbonyl (C=O) groups excluding carboxylic acids is 1. The summed E-state index contributed by atoms with van der Waals surface area (Å²) in [6.45, 7) is 5.58. The van der Waals surface area contributed by atoms with Crippen LogP contribution in [0.1, 0.15) is 17.3 Å². The minimum absolute atomic E-state index is 0.142. The van der Waals surface area contributed by atoms with Crippen molar-refractivity contribution in [3.05, 3.63) is 53.2 Å². The lowest BCUT2D eigenvalue weighted by atomic mass is 10.2. The largest absolute Gasteiger partial charge is 0.378 e. The molecule has 0 saturated carbocycles. The van der Waals surface area contributed by atoms with Crippen LogP contribution in [-0.2, 0) is 14.8 Å². The number of amides is 1. The number of carbonyl (C=O) groups is 1. The van der Waals surface area contributed by atoms with Crippen molar-refractivity contribution in [3.63, 3.8) is 0 Å². The molecule has 0 spiro atoms. The Morgan fingerprint density at radius 1 is 1.06 bits per heavy atom. The van der Waals surface area contributed by atoms with Crippen LogP contribution in [0.2, 0.25) is 5.02 Å². The first kappa shape index (κ1) is 22.0. The molecule has 2 aliphatic heterocycles. The maximum absolute atomic E-state index is 13.0. The Morgan fingerprint density at radius 2 is 1.77 bits per heavy atom. The summed E-state index contributed by atoms with van der Waals surface area (Å²) in [7, 11) is -3.65. The number of sulfonamides is 1. The molecule has 0 bridgehead atoms. The van der Waals surface area contributed by atoms with Crippen LogP contribution in [0.25, 0.3) is 0 Å². The van der Waals surface area contributed by atoms with Crippen LogP contribution in [0.4, 0.5) is 5.82 Å². The van der Waals surface area contributed by atoms with Gasteiger partial charge >= 0.3 is 0 Å². The van der Waals surface area contributed by atoms with E-state index < -0.39 is 10.0 Å². The van der Waals surface area contributed by atoms with Gasteiger partial charge in [-0.3, -0.25) is 4.79 Å². The molecule has 166 valence electrons. The SMILES string of the molecule is CC1CN(C(=O)c2ccc(N3CCOCC3)nc2)CCN1S(=O)(=O)c1ccc(Cl)cc1. The van der Waals surface area contributed by atoms with Gasteiger partial charge in [-0.05, 0) is 43.3 Å². The van der Waals surface area contributed by atoms with Crippen molar-refractivity contribution in [1.82, 2.24) is 14.2 Å². The molecule has 31 heavy (non-hydrogen) atoms. The number of halogens is 1. The number of hydrogen-bond donors (Lipinski definition) is 0. The average Bonchev–Trinajstić information content (AvgIpc) is 2.79. The quantitative estimate of drug-likeness (QED) is 0.689. The predicted octanol–water partition coefficient (Wildman–Crippen LogP) is 2.11. The van der Waals surface area contributed by atoms with Gasteiger partial charge in [0, 0.05) is 50.0 Å². The standard InChI is InChI=1S/C21H25ClN4O4S/c1-16-15-25(8-9-26(16)31(28,29)19-5-3-18(22)4-6-19)21(27)17-2-7-20(23-14-17)24-10-12-30-13-11-24/h2-7,14,16H,8-13,15H2,1H3. The molecule has 10 heteroatoms. The highest BCUT2D eigenvalue weighted by Gasteiger charge is 2.35.